The van der Waals surface area contributed by atoms with Gasteiger partial charge in [0.1, 0.15) is 11.8 Å². The molecule has 2 aromatic carbocycles. The first kappa shape index (κ1) is 18.8. The first-order valence-electron chi connectivity index (χ1n) is 9.18. The summed E-state index contributed by atoms with van der Waals surface area (Å²) in [4.78, 5) is 24.9. The Balaban J connectivity index is 1.68. The molecular weight excluding hydrogens is 342 g/mol. The normalized spacial score (nSPS) is 15.4. The molecule has 1 heterocycles. The Labute approximate surface area is 159 Å². The van der Waals surface area contributed by atoms with Gasteiger partial charge in [-0.05, 0) is 55.7 Å². The SMILES string of the molecule is CCCOc1ccccc1NC(=O)C[C@H]1Nc2cc(C)c(C)cc2NC1=O. The molecule has 2 amide bonds. The van der Waals surface area contributed by atoms with Crippen LogP contribution < -0.4 is 20.7 Å². The third-order valence-corrected chi connectivity index (χ3v) is 4.55. The first-order chi connectivity index (χ1) is 13.0. The Morgan fingerprint density at radius 3 is 2.59 bits per heavy atom. The molecule has 1 aliphatic rings. The van der Waals surface area contributed by atoms with Crippen molar-refractivity contribution in [2.45, 2.75) is 39.7 Å². The molecule has 27 heavy (non-hydrogen) atoms. The number of nitrogens with one attached hydrogen (secondary N) is 3. The minimum absolute atomic E-state index is 0.0281. The highest BCUT2D eigenvalue weighted by Crippen LogP contribution is 2.31. The standard InChI is InChI=1S/C21H25N3O3/c1-4-9-27-19-8-6-5-7-15(19)23-20(25)12-18-21(26)24-17-11-14(3)13(2)10-16(17)22-18/h5-8,10-11,18,22H,4,9,12H2,1-3H3,(H,23,25)(H,24,26)/t18-/m1/s1. The molecule has 142 valence electrons. The zero-order valence-electron chi connectivity index (χ0n) is 15.9. The van der Waals surface area contributed by atoms with Crippen LogP contribution in [0, 0.1) is 13.8 Å². The van der Waals surface area contributed by atoms with Gasteiger partial charge in [-0.2, -0.15) is 0 Å². The van der Waals surface area contributed by atoms with E-state index in [1.165, 1.54) is 0 Å². The van der Waals surface area contributed by atoms with Crippen molar-refractivity contribution in [2.24, 2.45) is 0 Å². The zero-order chi connectivity index (χ0) is 19.4. The van der Waals surface area contributed by atoms with Crippen molar-refractivity contribution in [3.63, 3.8) is 0 Å². The summed E-state index contributed by atoms with van der Waals surface area (Å²) in [5.41, 5.74) is 4.43. The summed E-state index contributed by atoms with van der Waals surface area (Å²) in [5, 5.41) is 8.90. The number of hydrogen-bond acceptors (Lipinski definition) is 4. The molecule has 0 saturated heterocycles. The number of rotatable bonds is 6. The second-order valence-corrected chi connectivity index (χ2v) is 6.77. The van der Waals surface area contributed by atoms with Crippen LogP contribution in [0.2, 0.25) is 0 Å². The maximum Gasteiger partial charge on any atom is 0.247 e. The fourth-order valence-electron chi connectivity index (χ4n) is 2.95. The average Bonchev–Trinajstić information content (AvgIpc) is 2.63. The summed E-state index contributed by atoms with van der Waals surface area (Å²) in [6.45, 7) is 6.62. The van der Waals surface area contributed by atoms with Gasteiger partial charge in [0.05, 0.1) is 30.1 Å². The van der Waals surface area contributed by atoms with Gasteiger partial charge < -0.3 is 20.7 Å². The Hall–Kier alpha value is -3.02. The van der Waals surface area contributed by atoms with Crippen LogP contribution in [0.5, 0.6) is 5.75 Å². The average molecular weight is 367 g/mol. The molecule has 0 saturated carbocycles. The number of para-hydroxylation sites is 2. The predicted molar refractivity (Wildman–Crippen MR) is 107 cm³/mol. The van der Waals surface area contributed by atoms with Crippen molar-refractivity contribution in [2.75, 3.05) is 22.6 Å². The van der Waals surface area contributed by atoms with Crippen LogP contribution >= 0.6 is 0 Å². The molecule has 0 bridgehead atoms. The fourth-order valence-corrected chi connectivity index (χ4v) is 2.95. The van der Waals surface area contributed by atoms with E-state index in [1.54, 1.807) is 6.07 Å². The fraction of sp³-hybridized carbons (Fsp3) is 0.333. The van der Waals surface area contributed by atoms with Gasteiger partial charge in [-0.25, -0.2) is 0 Å². The van der Waals surface area contributed by atoms with Crippen molar-refractivity contribution in [3.8, 4) is 5.75 Å². The Morgan fingerprint density at radius 2 is 1.85 bits per heavy atom. The van der Waals surface area contributed by atoms with Crippen molar-refractivity contribution in [1.82, 2.24) is 0 Å². The summed E-state index contributed by atoms with van der Waals surface area (Å²) >= 11 is 0. The van der Waals surface area contributed by atoms with Gasteiger partial charge >= 0.3 is 0 Å². The third kappa shape index (κ3) is 4.39. The zero-order valence-corrected chi connectivity index (χ0v) is 15.9. The van der Waals surface area contributed by atoms with Crippen LogP contribution in [-0.2, 0) is 9.59 Å². The maximum absolute atomic E-state index is 12.5. The number of fused-ring (bicyclic) bond motifs is 1. The molecule has 0 aromatic heterocycles. The Kier molecular flexibility index (Phi) is 5.64. The molecule has 6 nitrogen and oxygen atoms in total. The second kappa shape index (κ2) is 8.12. The van der Waals surface area contributed by atoms with E-state index in [9.17, 15) is 9.59 Å². The number of aryl methyl sites for hydroxylation is 2. The van der Waals surface area contributed by atoms with E-state index >= 15 is 0 Å². The number of amides is 2. The lowest BCUT2D eigenvalue weighted by atomic mass is 10.0. The van der Waals surface area contributed by atoms with Gasteiger partial charge in [-0.1, -0.05) is 19.1 Å². The molecule has 2 aromatic rings. The summed E-state index contributed by atoms with van der Waals surface area (Å²) in [6, 6.07) is 10.6. The highest BCUT2D eigenvalue weighted by Gasteiger charge is 2.28. The lowest BCUT2D eigenvalue weighted by molar-refractivity contribution is -0.122. The smallest absolute Gasteiger partial charge is 0.247 e. The number of anilines is 3. The van der Waals surface area contributed by atoms with Crippen LogP contribution in [0.3, 0.4) is 0 Å². The summed E-state index contributed by atoms with van der Waals surface area (Å²) < 4.78 is 5.66. The van der Waals surface area contributed by atoms with E-state index in [0.717, 1.165) is 28.9 Å². The topological polar surface area (TPSA) is 79.5 Å². The highest BCUT2D eigenvalue weighted by molar-refractivity contribution is 6.06. The van der Waals surface area contributed by atoms with E-state index in [1.807, 2.05) is 51.1 Å². The molecule has 0 spiro atoms. The quantitative estimate of drug-likeness (QED) is 0.724. The first-order valence-corrected chi connectivity index (χ1v) is 9.18. The largest absolute Gasteiger partial charge is 0.491 e. The lowest BCUT2D eigenvalue weighted by Gasteiger charge is -2.27. The van der Waals surface area contributed by atoms with Crippen LogP contribution in [0.4, 0.5) is 17.1 Å². The predicted octanol–water partition coefficient (Wildman–Crippen LogP) is 3.85. The van der Waals surface area contributed by atoms with Gasteiger partial charge in [0.2, 0.25) is 11.8 Å². The van der Waals surface area contributed by atoms with Crippen molar-refractivity contribution >= 4 is 28.9 Å². The number of ether oxygens (including phenoxy) is 1. The van der Waals surface area contributed by atoms with Crippen LogP contribution in [0.25, 0.3) is 0 Å². The monoisotopic (exact) mass is 367 g/mol. The minimum atomic E-state index is -0.622. The van der Waals surface area contributed by atoms with Gasteiger partial charge in [0.15, 0.2) is 0 Å². The molecule has 3 N–H and O–H groups in total. The van der Waals surface area contributed by atoms with E-state index in [-0.39, 0.29) is 18.2 Å². The summed E-state index contributed by atoms with van der Waals surface area (Å²) in [5.74, 6) is 0.170. The van der Waals surface area contributed by atoms with E-state index in [4.69, 9.17) is 4.74 Å². The van der Waals surface area contributed by atoms with Gasteiger partial charge in [0, 0.05) is 0 Å². The van der Waals surface area contributed by atoms with Gasteiger partial charge in [0.25, 0.3) is 0 Å². The van der Waals surface area contributed by atoms with Gasteiger partial charge in [-0.15, -0.1) is 0 Å². The molecule has 0 aliphatic carbocycles. The van der Waals surface area contributed by atoms with Crippen LogP contribution in [0.1, 0.15) is 30.9 Å². The maximum atomic E-state index is 12.5. The number of carbonyl (C=O) groups is 2. The van der Waals surface area contributed by atoms with Gasteiger partial charge in [-0.3, -0.25) is 9.59 Å². The van der Waals surface area contributed by atoms with E-state index in [0.29, 0.717) is 18.0 Å². The van der Waals surface area contributed by atoms with Crippen LogP contribution in [-0.4, -0.2) is 24.5 Å². The Bertz CT molecular complexity index is 864. The van der Waals surface area contributed by atoms with Crippen molar-refractivity contribution in [3.05, 3.63) is 47.5 Å². The van der Waals surface area contributed by atoms with E-state index < -0.39 is 6.04 Å². The van der Waals surface area contributed by atoms with Crippen molar-refractivity contribution in [1.29, 1.82) is 0 Å². The second-order valence-electron chi connectivity index (χ2n) is 6.77. The molecule has 6 heteroatoms. The summed E-state index contributed by atoms with van der Waals surface area (Å²) in [6.07, 6.45) is 0.910. The molecular formula is C21H25N3O3. The molecule has 0 radical (unpaired) electrons. The molecule has 3 rings (SSSR count). The van der Waals surface area contributed by atoms with Crippen LogP contribution in [0.15, 0.2) is 36.4 Å². The molecule has 1 aliphatic heterocycles. The molecule has 1 atom stereocenters. The number of benzene rings is 2. The molecule has 0 fully saturated rings. The third-order valence-electron chi connectivity index (χ3n) is 4.55. The Morgan fingerprint density at radius 1 is 1.15 bits per heavy atom. The number of hydrogen-bond donors (Lipinski definition) is 3. The minimum Gasteiger partial charge on any atom is -0.491 e. The van der Waals surface area contributed by atoms with Crippen molar-refractivity contribution < 1.29 is 14.3 Å². The lowest BCUT2D eigenvalue weighted by Crippen LogP contribution is -2.41. The number of carbonyl (C=O) groups excluding carboxylic acids is 2. The van der Waals surface area contributed by atoms with E-state index in [2.05, 4.69) is 16.0 Å². The summed E-state index contributed by atoms with van der Waals surface area (Å²) in [7, 11) is 0. The highest BCUT2D eigenvalue weighted by atomic mass is 16.5. The molecule has 0 unspecified atom stereocenters.